The number of hydrogen-bond acceptors (Lipinski definition) is 23. The van der Waals surface area contributed by atoms with Gasteiger partial charge in [-0.25, -0.2) is 34.9 Å². The van der Waals surface area contributed by atoms with E-state index in [1.807, 2.05) is 49.6 Å². The second-order valence-electron chi connectivity index (χ2n) is 21.4. The summed E-state index contributed by atoms with van der Waals surface area (Å²) in [6.07, 6.45) is 0.494. The van der Waals surface area contributed by atoms with Crippen LogP contribution in [0.25, 0.3) is 43.4 Å². The molecular weight excluding hydrogens is 1320 g/mol. The van der Waals surface area contributed by atoms with Gasteiger partial charge in [0.25, 0.3) is 35.4 Å². The second-order valence-corrected chi connectivity index (χ2v) is 27.0. The van der Waals surface area contributed by atoms with Crippen LogP contribution in [0.3, 0.4) is 0 Å². The zero-order valence-electron chi connectivity index (χ0n) is 50.2. The first-order chi connectivity index (χ1) is 45.0. The molecule has 32 heteroatoms. The van der Waals surface area contributed by atoms with Crippen molar-refractivity contribution in [3.63, 3.8) is 0 Å². The summed E-state index contributed by atoms with van der Waals surface area (Å²) < 4.78 is 0. The number of aryl methyl sites for hydroxylation is 1. The zero-order chi connectivity index (χ0) is 67.1. The highest BCUT2D eigenvalue weighted by Crippen LogP contribution is 2.39. The number of carboxylic acids is 1. The molecule has 6 atom stereocenters. The number of aliphatic carboxylic acids is 1. The summed E-state index contributed by atoms with van der Waals surface area (Å²) in [5.74, 6) is -7.57. The molecule has 11 N–H and O–H groups in total. The van der Waals surface area contributed by atoms with Gasteiger partial charge in [-0.3, -0.25) is 43.2 Å². The highest BCUT2D eigenvalue weighted by atomic mass is 32.1. The monoisotopic (exact) mass is 1380 g/mol. The van der Waals surface area contributed by atoms with Crippen LogP contribution in [0.15, 0.2) is 118 Å². The molecule has 8 amide bonds. The number of carbonyl (C=O) groups excluding carboxylic acids is 8. The highest BCUT2D eigenvalue weighted by Gasteiger charge is 2.33. The number of rotatable bonds is 16. The van der Waals surface area contributed by atoms with Crippen molar-refractivity contribution in [2.45, 2.75) is 83.6 Å². The van der Waals surface area contributed by atoms with Crippen LogP contribution in [0.5, 0.6) is 5.75 Å². The van der Waals surface area contributed by atoms with Crippen LogP contribution in [0.2, 0.25) is 0 Å². The molecule has 0 spiro atoms. The number of primary amides is 1. The first-order valence-electron chi connectivity index (χ1n) is 28.6. The smallest absolute Gasteiger partial charge is 0.325 e. The van der Waals surface area contributed by atoms with E-state index in [0.717, 1.165) is 50.9 Å². The van der Waals surface area contributed by atoms with Gasteiger partial charge in [-0.1, -0.05) is 75.9 Å². The number of carbonyl (C=O) groups is 9. The summed E-state index contributed by atoms with van der Waals surface area (Å²) in [6, 6.07) is 13.9. The number of amides is 8. The Bertz CT molecular complexity index is 4440. The predicted molar refractivity (Wildman–Crippen MR) is 355 cm³/mol. The average Bonchev–Trinajstić information content (AvgIpc) is 1.61. The fourth-order valence-electron chi connectivity index (χ4n) is 9.33. The maximum atomic E-state index is 14.8. The van der Waals surface area contributed by atoms with Crippen molar-refractivity contribution in [2.75, 3.05) is 0 Å². The lowest BCUT2D eigenvalue weighted by Gasteiger charge is -2.26. The number of hydrogen-bond donors (Lipinski definition) is 10. The average molecular weight is 1380 g/mol. The number of pyridine rings is 1. The Balaban J connectivity index is 1.01. The maximum absolute atomic E-state index is 14.8. The minimum atomic E-state index is -1.32. The van der Waals surface area contributed by atoms with Crippen molar-refractivity contribution in [2.24, 2.45) is 11.7 Å². The van der Waals surface area contributed by atoms with Crippen molar-refractivity contribution in [3.05, 3.63) is 172 Å². The molecule has 0 saturated heterocycles. The van der Waals surface area contributed by atoms with E-state index in [0.29, 0.717) is 53.8 Å². The summed E-state index contributed by atoms with van der Waals surface area (Å²) in [5, 5.41) is 48.1. The fourth-order valence-corrected chi connectivity index (χ4v) is 14.6. The third kappa shape index (κ3) is 15.8. The van der Waals surface area contributed by atoms with E-state index in [1.165, 1.54) is 52.5 Å². The minimum absolute atomic E-state index is 0.00358. The summed E-state index contributed by atoms with van der Waals surface area (Å²) in [7, 11) is 0. The number of benzene rings is 2. The topological polar surface area (TPSA) is 395 Å². The molecule has 10 rings (SSSR count). The lowest BCUT2D eigenvalue weighted by molar-refractivity contribution is -0.140. The van der Waals surface area contributed by atoms with Crippen LogP contribution in [0.4, 0.5) is 0 Å². The normalized spacial score (nSPS) is 16.6. The van der Waals surface area contributed by atoms with E-state index >= 15 is 0 Å². The second kappa shape index (κ2) is 29.2. The van der Waals surface area contributed by atoms with E-state index in [4.69, 9.17) is 35.8 Å². The van der Waals surface area contributed by atoms with Crippen LogP contribution >= 0.6 is 68.0 Å². The van der Waals surface area contributed by atoms with E-state index in [-0.39, 0.29) is 68.7 Å². The molecule has 1 aliphatic rings. The molecule has 9 aromatic rings. The molecule has 94 heavy (non-hydrogen) atoms. The van der Waals surface area contributed by atoms with E-state index in [1.54, 1.807) is 41.9 Å². The maximum Gasteiger partial charge on any atom is 0.325 e. The van der Waals surface area contributed by atoms with Crippen LogP contribution in [-0.4, -0.2) is 110 Å². The first-order valence-corrected chi connectivity index (χ1v) is 33.8. The van der Waals surface area contributed by atoms with Crippen LogP contribution in [0.1, 0.15) is 125 Å². The molecule has 0 aliphatic carbocycles. The van der Waals surface area contributed by atoms with Gasteiger partial charge in [-0.15, -0.1) is 68.0 Å². The molecule has 8 heterocycles. The van der Waals surface area contributed by atoms with E-state index in [9.17, 15) is 48.3 Å². The lowest BCUT2D eigenvalue weighted by atomic mass is 9.98. The lowest BCUT2D eigenvalue weighted by Crippen LogP contribution is -2.49. The van der Waals surface area contributed by atoms with Gasteiger partial charge in [-0.05, 0) is 61.6 Å². The van der Waals surface area contributed by atoms with Crippen molar-refractivity contribution >= 4 is 121 Å². The Labute approximate surface area is 559 Å². The SMILES string of the molecule is C=C(NC(=O)c1csc(-c2ccc3c(n2)-c2csc(n2)-c2csc(n2)[C@H]([C@@H](C)CC)NC(=O)[C@H](Cc2ccc(O)cc2)NC(=O)c2csc(n2)[C@H](Cc2ccccc2)NC(=O)c2nc(sc2C)[C@H](CC(N)=O)NC(=O)c2csc-3n2)n1)C(=O)NC(=C)C(=O)N[C@@H](C)C(=O)O. The van der Waals surface area contributed by atoms with Crippen LogP contribution in [-0.2, 0) is 36.8 Å². The summed E-state index contributed by atoms with van der Waals surface area (Å²) >= 11 is 6.93. The van der Waals surface area contributed by atoms with Gasteiger partial charge in [0.05, 0.1) is 41.6 Å². The van der Waals surface area contributed by atoms with Gasteiger partial charge in [-0.2, -0.15) is 0 Å². The Hall–Kier alpha value is -10.1. The van der Waals surface area contributed by atoms with Crippen molar-refractivity contribution in [3.8, 4) is 49.1 Å². The number of aromatic hydroxyl groups is 1. The van der Waals surface area contributed by atoms with Gasteiger partial charge >= 0.3 is 5.97 Å². The first kappa shape index (κ1) is 66.8. The van der Waals surface area contributed by atoms with Crippen molar-refractivity contribution < 1.29 is 53.4 Å². The zero-order valence-corrected chi connectivity index (χ0v) is 55.1. The standard InChI is InChI=1S/C62H57N15O11S6/c1-7-27(2)46-61-75-44(26-93-61)59-71-40(22-90-59)48-35(17-18-36(67-48)57-73-41(24-91-57)52(83)65-29(4)49(80)64-28(3)50(81)66-30(5)62(87)88)56-72-42(23-89-56)54(85)69-39(21-45(63)79)60-77-47(31(6)94-60)55(86)70-38(20-32-11-9-8-10-12-32)58-74-43(25-92-58)53(84)68-37(51(82)76-46)19-33-13-15-34(78)16-14-33/h8-18,22-27,30,37-39,46,78H,3-4,7,19-21H2,1-2,5-6H3,(H2,63,79)(H,64,80)(H,65,83)(H,66,81)(H,68,84)(H,69,85)(H,70,86)(H,76,82)(H,87,88)/t27-,30-,37-,38-,39-,46-/m0/s1. The number of fused-ring (bicyclic) bond motifs is 14. The van der Waals surface area contributed by atoms with E-state index in [2.05, 4.69) is 60.3 Å². The number of phenols is 1. The Kier molecular flexibility index (Phi) is 20.8. The molecule has 7 aromatic heterocycles. The molecule has 0 fully saturated rings. The molecule has 2 aromatic carbocycles. The van der Waals surface area contributed by atoms with Gasteiger partial charge < -0.3 is 53.2 Å². The van der Waals surface area contributed by atoms with Crippen molar-refractivity contribution in [1.29, 1.82) is 0 Å². The molecule has 0 radical (unpaired) electrons. The summed E-state index contributed by atoms with van der Waals surface area (Å²) in [5.41, 5.74) is 7.86. The highest BCUT2D eigenvalue weighted by molar-refractivity contribution is 7.15. The van der Waals surface area contributed by atoms with Gasteiger partial charge in [0, 0.05) is 43.8 Å². The number of phenolic OH excluding ortho intramolecular Hbond substituents is 1. The van der Waals surface area contributed by atoms with E-state index < -0.39 is 101 Å². The summed E-state index contributed by atoms with van der Waals surface area (Å²) in [4.78, 5) is 155. The number of thiazole rings is 6. The van der Waals surface area contributed by atoms with Gasteiger partial charge in [0.15, 0.2) is 0 Å². The molecule has 10 bridgehead atoms. The Morgan fingerprint density at radius 3 is 1.91 bits per heavy atom. The quantitative estimate of drug-likeness (QED) is 0.0416. The Morgan fingerprint density at radius 2 is 1.19 bits per heavy atom. The summed E-state index contributed by atoms with van der Waals surface area (Å²) in [6.45, 7) is 13.9. The number of aromatic nitrogens is 7. The Morgan fingerprint density at radius 1 is 0.596 bits per heavy atom. The third-order valence-corrected chi connectivity index (χ3v) is 20.1. The number of carboxylic acid groups (broad SMARTS) is 1. The minimum Gasteiger partial charge on any atom is -0.508 e. The van der Waals surface area contributed by atoms with Crippen molar-refractivity contribution in [1.82, 2.24) is 72.1 Å². The van der Waals surface area contributed by atoms with Gasteiger partial charge in [0.2, 0.25) is 11.8 Å². The molecular formula is C62H57N15O11S6. The van der Waals surface area contributed by atoms with Crippen LogP contribution in [0, 0.1) is 12.8 Å². The fraction of sp³-hybridized carbons (Fsp3) is 0.226. The van der Waals surface area contributed by atoms with Crippen LogP contribution < -0.4 is 43.0 Å². The molecule has 482 valence electrons. The molecule has 1 aliphatic heterocycles. The number of nitrogens with two attached hydrogens (primary N) is 1. The van der Waals surface area contributed by atoms with Gasteiger partial charge in [0.1, 0.15) is 87.7 Å². The number of nitrogens with one attached hydrogen (secondary N) is 7. The molecule has 0 unspecified atom stereocenters. The number of nitrogens with zero attached hydrogens (tertiary/aromatic N) is 7. The largest absolute Gasteiger partial charge is 0.508 e. The molecule has 0 saturated carbocycles. The predicted octanol–water partition coefficient (Wildman–Crippen LogP) is 7.58. The molecule has 26 nitrogen and oxygen atoms in total. The third-order valence-electron chi connectivity index (χ3n) is 14.6.